The number of benzene rings is 1. The summed E-state index contributed by atoms with van der Waals surface area (Å²) in [7, 11) is 0. The molecule has 5 nitrogen and oxygen atoms in total. The predicted octanol–water partition coefficient (Wildman–Crippen LogP) is 3.86. The summed E-state index contributed by atoms with van der Waals surface area (Å²) in [5.74, 6) is -1.89. The van der Waals surface area contributed by atoms with E-state index >= 15 is 0 Å². The van der Waals surface area contributed by atoms with Gasteiger partial charge >= 0.3 is 6.09 Å². The molecule has 7 heteroatoms. The van der Waals surface area contributed by atoms with Crippen molar-refractivity contribution < 1.29 is 21.5 Å². The summed E-state index contributed by atoms with van der Waals surface area (Å²) in [4.78, 5) is 25.9. The highest BCUT2D eigenvalue weighted by Gasteiger charge is 2.27. The molecule has 1 saturated heterocycles. The lowest BCUT2D eigenvalue weighted by atomic mass is 9.97. The Balaban J connectivity index is 1.96. The summed E-state index contributed by atoms with van der Waals surface area (Å²) in [5.41, 5.74) is -0.641. The molecule has 1 N–H and O–H groups in total. The van der Waals surface area contributed by atoms with Crippen LogP contribution < -0.4 is 5.32 Å². The fourth-order valence-electron chi connectivity index (χ4n) is 2.46. The van der Waals surface area contributed by atoms with Crippen molar-refractivity contribution in [2.45, 2.75) is 39.2 Å². The van der Waals surface area contributed by atoms with Crippen LogP contribution in [0.2, 0.25) is 5.02 Å². The van der Waals surface area contributed by atoms with Gasteiger partial charge in [0.05, 0.1) is 0 Å². The van der Waals surface area contributed by atoms with Gasteiger partial charge in [0.15, 0.2) is 0 Å². The number of nitrogens with one attached hydrogen (secondary N) is 1. The monoisotopic (exact) mass is 372 g/mol. The van der Waals surface area contributed by atoms with Crippen molar-refractivity contribution >= 4 is 23.6 Å². The van der Waals surface area contributed by atoms with Gasteiger partial charge in [0.1, 0.15) is 11.4 Å². The van der Waals surface area contributed by atoms with Crippen LogP contribution in [0.4, 0.5) is 9.18 Å². The van der Waals surface area contributed by atoms with Gasteiger partial charge in [0.25, 0.3) is 5.91 Å². The molecular weight excluding hydrogens is 347 g/mol. The van der Waals surface area contributed by atoms with E-state index in [0.717, 1.165) is 12.1 Å². The third-order valence-corrected chi connectivity index (χ3v) is 3.88. The topological polar surface area (TPSA) is 58.6 Å². The standard InChI is InChI=1S/C18H24ClFN2O3/c1-18(2,3)25-17(24)22-6-4-12(5-7-22)11-21-16(23)13-8-14(19)10-15(20)9-13/h8-10,12H,4-7,11H2,1-3H3,(H,21,23)/i11D2. The van der Waals surface area contributed by atoms with Gasteiger partial charge in [-0.3, -0.25) is 4.79 Å². The highest BCUT2D eigenvalue weighted by molar-refractivity contribution is 6.31. The number of ether oxygens (including phenoxy) is 1. The van der Waals surface area contributed by atoms with Crippen LogP contribution in [0.15, 0.2) is 18.2 Å². The first-order valence-electron chi connectivity index (χ1n) is 9.14. The van der Waals surface area contributed by atoms with Crippen LogP contribution in [0.1, 0.15) is 46.7 Å². The van der Waals surface area contributed by atoms with Crippen LogP contribution in [0.3, 0.4) is 0 Å². The van der Waals surface area contributed by atoms with Gasteiger partial charge in [0, 0.05) is 32.9 Å². The maximum atomic E-state index is 13.4. The van der Waals surface area contributed by atoms with E-state index in [-0.39, 0.29) is 10.6 Å². The number of amides is 2. The third kappa shape index (κ3) is 6.20. The zero-order valence-electron chi connectivity index (χ0n) is 16.6. The fraction of sp³-hybridized carbons (Fsp3) is 0.556. The first-order chi connectivity index (χ1) is 12.4. The molecule has 0 aliphatic carbocycles. The van der Waals surface area contributed by atoms with E-state index in [0.29, 0.717) is 25.9 Å². The third-order valence-electron chi connectivity index (χ3n) is 3.66. The first kappa shape index (κ1) is 16.6. The number of likely N-dealkylation sites (tertiary alicyclic amines) is 1. The predicted molar refractivity (Wildman–Crippen MR) is 94.3 cm³/mol. The molecule has 25 heavy (non-hydrogen) atoms. The second kappa shape index (κ2) is 8.04. The van der Waals surface area contributed by atoms with E-state index in [4.69, 9.17) is 19.1 Å². The SMILES string of the molecule is [2H]C([2H])(NC(=O)c1cc(F)cc(Cl)c1)C1CCN(C(=O)OC(C)(C)C)CC1. The van der Waals surface area contributed by atoms with Crippen LogP contribution in [0.25, 0.3) is 0 Å². The molecule has 0 spiro atoms. The Labute approximate surface area is 155 Å². The van der Waals surface area contributed by atoms with Gasteiger partial charge in [-0.15, -0.1) is 0 Å². The van der Waals surface area contributed by atoms with Crippen LogP contribution in [-0.2, 0) is 4.74 Å². The van der Waals surface area contributed by atoms with Crippen LogP contribution in [0, 0.1) is 11.7 Å². The molecule has 0 unspecified atom stereocenters. The van der Waals surface area contributed by atoms with Gasteiger partial charge in [-0.05, 0) is 57.7 Å². The normalized spacial score (nSPS) is 17.6. The summed E-state index contributed by atoms with van der Waals surface area (Å²) in [6.07, 6.45) is 0.312. The molecule has 138 valence electrons. The summed E-state index contributed by atoms with van der Waals surface area (Å²) >= 11 is 5.74. The number of hydrogen-bond donors (Lipinski definition) is 1. The molecule has 1 aliphatic heterocycles. The lowest BCUT2D eigenvalue weighted by Crippen LogP contribution is -2.43. The smallest absolute Gasteiger partial charge is 0.410 e. The van der Waals surface area contributed by atoms with Crippen molar-refractivity contribution in [1.29, 1.82) is 0 Å². The highest BCUT2D eigenvalue weighted by atomic mass is 35.5. The molecule has 1 heterocycles. The van der Waals surface area contributed by atoms with Gasteiger partial charge in [-0.1, -0.05) is 11.6 Å². The maximum absolute atomic E-state index is 13.4. The van der Waals surface area contributed by atoms with Crippen LogP contribution in [-0.4, -0.2) is 42.1 Å². The molecule has 1 aromatic rings. The molecule has 1 fully saturated rings. The number of hydrogen-bond acceptors (Lipinski definition) is 3. The van der Waals surface area contributed by atoms with E-state index in [1.807, 2.05) is 0 Å². The Bertz CT molecular complexity index is 697. The van der Waals surface area contributed by atoms with E-state index < -0.39 is 35.8 Å². The minimum Gasteiger partial charge on any atom is -0.444 e. The van der Waals surface area contributed by atoms with Crippen LogP contribution in [0.5, 0.6) is 0 Å². The van der Waals surface area contributed by atoms with Crippen molar-refractivity contribution in [3.8, 4) is 0 Å². The second-order valence-corrected chi connectivity index (χ2v) is 7.43. The fourth-order valence-corrected chi connectivity index (χ4v) is 2.68. The summed E-state index contributed by atoms with van der Waals surface area (Å²) < 4.78 is 35.1. The Morgan fingerprint density at radius 1 is 1.36 bits per heavy atom. The highest BCUT2D eigenvalue weighted by Crippen LogP contribution is 2.20. The van der Waals surface area contributed by atoms with Gasteiger partial charge in [0.2, 0.25) is 0 Å². The number of halogens is 2. The lowest BCUT2D eigenvalue weighted by Gasteiger charge is -2.33. The Kier molecular flexibility index (Phi) is 5.35. The largest absolute Gasteiger partial charge is 0.444 e. The molecule has 1 aliphatic rings. The minimum absolute atomic E-state index is 0.0462. The van der Waals surface area contributed by atoms with E-state index in [2.05, 4.69) is 5.32 Å². The average Bonchev–Trinajstić information content (AvgIpc) is 2.52. The van der Waals surface area contributed by atoms with Crippen molar-refractivity contribution in [2.24, 2.45) is 5.92 Å². The van der Waals surface area contributed by atoms with E-state index in [9.17, 15) is 14.0 Å². The average molecular weight is 373 g/mol. The van der Waals surface area contributed by atoms with E-state index in [1.165, 1.54) is 11.0 Å². The van der Waals surface area contributed by atoms with E-state index in [1.54, 1.807) is 20.8 Å². The lowest BCUT2D eigenvalue weighted by molar-refractivity contribution is 0.0183. The van der Waals surface area contributed by atoms with Crippen molar-refractivity contribution in [1.82, 2.24) is 10.2 Å². The van der Waals surface area contributed by atoms with Crippen molar-refractivity contribution in [2.75, 3.05) is 19.6 Å². The quantitative estimate of drug-likeness (QED) is 0.876. The first-order valence-corrected chi connectivity index (χ1v) is 8.52. The van der Waals surface area contributed by atoms with Gasteiger partial charge < -0.3 is 15.0 Å². The zero-order valence-corrected chi connectivity index (χ0v) is 15.3. The molecular formula is C18H24ClFN2O3. The number of carbonyl (C=O) groups excluding carboxylic acids is 2. The minimum atomic E-state index is -2.00. The number of piperidine rings is 1. The summed E-state index contributed by atoms with van der Waals surface area (Å²) in [6.45, 7) is 4.01. The maximum Gasteiger partial charge on any atom is 0.410 e. The van der Waals surface area contributed by atoms with Gasteiger partial charge in [-0.2, -0.15) is 0 Å². The second-order valence-electron chi connectivity index (χ2n) is 7.00. The molecule has 2 rings (SSSR count). The Morgan fingerprint density at radius 2 is 2.00 bits per heavy atom. The number of carbonyl (C=O) groups is 2. The molecule has 0 bridgehead atoms. The van der Waals surface area contributed by atoms with Crippen LogP contribution >= 0.6 is 11.6 Å². The van der Waals surface area contributed by atoms with Crippen molar-refractivity contribution in [3.63, 3.8) is 0 Å². The molecule has 2 amide bonds. The van der Waals surface area contributed by atoms with Crippen molar-refractivity contribution in [3.05, 3.63) is 34.6 Å². The molecule has 0 atom stereocenters. The zero-order chi connectivity index (χ0) is 20.4. The molecule has 1 aromatic carbocycles. The summed E-state index contributed by atoms with van der Waals surface area (Å²) in [6, 6.07) is 3.35. The molecule has 0 aromatic heterocycles. The number of rotatable bonds is 3. The Hall–Kier alpha value is -1.82. The number of nitrogens with zero attached hydrogens (tertiary/aromatic N) is 1. The molecule has 0 saturated carbocycles. The summed E-state index contributed by atoms with van der Waals surface area (Å²) in [5, 5.41) is 2.37. The Morgan fingerprint density at radius 3 is 2.56 bits per heavy atom. The molecule has 0 radical (unpaired) electrons. The van der Waals surface area contributed by atoms with Gasteiger partial charge in [-0.25, -0.2) is 9.18 Å².